The van der Waals surface area contributed by atoms with Crippen LogP contribution in [0.25, 0.3) is 0 Å². The number of rotatable bonds is 7. The van der Waals surface area contributed by atoms with Crippen molar-refractivity contribution >= 4 is 0 Å². The molecule has 106 valence electrons. The number of hydrogen-bond acceptors (Lipinski definition) is 2. The first-order valence-electron chi connectivity index (χ1n) is 7.70. The number of ether oxygens (including phenoxy) is 1. The Balaban J connectivity index is 1.81. The fraction of sp³-hybridized carbons (Fsp3) is 0.647. The average Bonchev–Trinajstić information content (AvgIpc) is 2.90. The quantitative estimate of drug-likeness (QED) is 0.812. The molecule has 19 heavy (non-hydrogen) atoms. The van der Waals surface area contributed by atoms with Gasteiger partial charge in [-0.3, -0.25) is 0 Å². The number of benzene rings is 1. The van der Waals surface area contributed by atoms with E-state index in [0.29, 0.717) is 0 Å². The van der Waals surface area contributed by atoms with E-state index in [4.69, 9.17) is 10.5 Å². The van der Waals surface area contributed by atoms with E-state index in [0.717, 1.165) is 38.7 Å². The van der Waals surface area contributed by atoms with Crippen molar-refractivity contribution < 1.29 is 4.74 Å². The highest BCUT2D eigenvalue weighted by atomic mass is 16.5. The number of hydrogen-bond donors (Lipinski definition) is 1. The molecule has 2 nitrogen and oxygen atoms in total. The Morgan fingerprint density at radius 3 is 2.53 bits per heavy atom. The van der Waals surface area contributed by atoms with E-state index in [1.807, 2.05) is 0 Å². The van der Waals surface area contributed by atoms with Gasteiger partial charge in [0.05, 0.1) is 5.60 Å². The highest BCUT2D eigenvalue weighted by molar-refractivity contribution is 5.14. The fourth-order valence-electron chi connectivity index (χ4n) is 3.32. The van der Waals surface area contributed by atoms with Crippen molar-refractivity contribution in [2.24, 2.45) is 5.73 Å². The minimum atomic E-state index is -0.0224. The summed E-state index contributed by atoms with van der Waals surface area (Å²) in [4.78, 5) is 0. The summed E-state index contributed by atoms with van der Waals surface area (Å²) in [6.07, 6.45) is 8.17. The molecule has 0 amide bonds. The van der Waals surface area contributed by atoms with E-state index in [2.05, 4.69) is 37.3 Å². The summed E-state index contributed by atoms with van der Waals surface area (Å²) < 4.78 is 6.03. The van der Waals surface area contributed by atoms with E-state index in [1.54, 1.807) is 0 Å². The fourth-order valence-corrected chi connectivity index (χ4v) is 3.32. The van der Waals surface area contributed by atoms with Crippen LogP contribution in [0.4, 0.5) is 0 Å². The molecular formula is C17H27NO. The lowest BCUT2D eigenvalue weighted by Gasteiger charge is -2.35. The lowest BCUT2D eigenvalue weighted by Crippen LogP contribution is -2.48. The topological polar surface area (TPSA) is 35.2 Å². The SMILES string of the molecule is CCOC1(C(N)CCCc2ccccc2)CCCC1. The molecule has 1 aliphatic rings. The molecular weight excluding hydrogens is 234 g/mol. The van der Waals surface area contributed by atoms with Gasteiger partial charge >= 0.3 is 0 Å². The molecule has 1 aromatic carbocycles. The van der Waals surface area contributed by atoms with E-state index in [-0.39, 0.29) is 11.6 Å². The molecule has 0 aliphatic heterocycles. The van der Waals surface area contributed by atoms with Crippen LogP contribution in [0, 0.1) is 0 Å². The molecule has 0 radical (unpaired) electrons. The third kappa shape index (κ3) is 3.80. The van der Waals surface area contributed by atoms with Crippen molar-refractivity contribution in [1.29, 1.82) is 0 Å². The Labute approximate surface area is 117 Å². The second-order valence-electron chi connectivity index (χ2n) is 5.69. The molecule has 2 rings (SSSR count). The molecule has 1 fully saturated rings. The minimum Gasteiger partial charge on any atom is -0.374 e. The zero-order valence-electron chi connectivity index (χ0n) is 12.1. The molecule has 1 aromatic rings. The molecule has 0 saturated heterocycles. The summed E-state index contributed by atoms with van der Waals surface area (Å²) in [6, 6.07) is 10.9. The standard InChI is InChI=1S/C17H27NO/c1-2-19-17(13-6-7-14-17)16(18)12-8-11-15-9-4-3-5-10-15/h3-5,9-10,16H,2,6-8,11-14,18H2,1H3. The van der Waals surface area contributed by atoms with Gasteiger partial charge in [-0.25, -0.2) is 0 Å². The lowest BCUT2D eigenvalue weighted by atomic mass is 9.88. The van der Waals surface area contributed by atoms with Crippen LogP contribution < -0.4 is 5.73 Å². The predicted molar refractivity (Wildman–Crippen MR) is 80.2 cm³/mol. The average molecular weight is 261 g/mol. The highest BCUT2D eigenvalue weighted by Gasteiger charge is 2.39. The summed E-state index contributed by atoms with van der Waals surface area (Å²) in [5.74, 6) is 0. The summed E-state index contributed by atoms with van der Waals surface area (Å²) in [7, 11) is 0. The van der Waals surface area contributed by atoms with Gasteiger partial charge in [-0.15, -0.1) is 0 Å². The minimum absolute atomic E-state index is 0.0224. The normalized spacial score (nSPS) is 19.5. The Bertz CT molecular complexity index is 357. The zero-order chi connectivity index (χ0) is 13.6. The summed E-state index contributed by atoms with van der Waals surface area (Å²) in [6.45, 7) is 2.86. The first kappa shape index (κ1) is 14.5. The third-order valence-electron chi connectivity index (χ3n) is 4.38. The predicted octanol–water partition coefficient (Wildman–Crippen LogP) is 3.69. The lowest BCUT2D eigenvalue weighted by molar-refractivity contribution is -0.0545. The van der Waals surface area contributed by atoms with E-state index in [9.17, 15) is 0 Å². The van der Waals surface area contributed by atoms with Crippen molar-refractivity contribution in [3.05, 3.63) is 35.9 Å². The smallest absolute Gasteiger partial charge is 0.0832 e. The summed E-state index contributed by atoms with van der Waals surface area (Å²) >= 11 is 0. The molecule has 2 heteroatoms. The summed E-state index contributed by atoms with van der Waals surface area (Å²) in [5, 5.41) is 0. The van der Waals surface area contributed by atoms with Crippen LogP contribution in [-0.2, 0) is 11.2 Å². The van der Waals surface area contributed by atoms with Crippen LogP contribution in [0.15, 0.2) is 30.3 Å². The maximum Gasteiger partial charge on any atom is 0.0832 e. The van der Waals surface area contributed by atoms with Crippen molar-refractivity contribution in [3.8, 4) is 0 Å². The van der Waals surface area contributed by atoms with Crippen LogP contribution in [0.2, 0.25) is 0 Å². The maximum absolute atomic E-state index is 6.44. The number of aryl methyl sites for hydroxylation is 1. The third-order valence-corrected chi connectivity index (χ3v) is 4.38. The second-order valence-corrected chi connectivity index (χ2v) is 5.69. The van der Waals surface area contributed by atoms with Gasteiger partial charge in [0.1, 0.15) is 0 Å². The van der Waals surface area contributed by atoms with Gasteiger partial charge < -0.3 is 10.5 Å². The van der Waals surface area contributed by atoms with Crippen molar-refractivity contribution in [3.63, 3.8) is 0 Å². The molecule has 1 aliphatic carbocycles. The van der Waals surface area contributed by atoms with Gasteiger partial charge in [0.25, 0.3) is 0 Å². The first-order valence-corrected chi connectivity index (χ1v) is 7.70. The molecule has 2 N–H and O–H groups in total. The summed E-state index contributed by atoms with van der Waals surface area (Å²) in [5.41, 5.74) is 7.83. The van der Waals surface area contributed by atoms with Gasteiger partial charge in [-0.1, -0.05) is 43.2 Å². The molecule has 0 aromatic heterocycles. The molecule has 0 spiro atoms. The molecule has 1 saturated carbocycles. The van der Waals surface area contributed by atoms with Crippen LogP contribution in [0.1, 0.15) is 51.0 Å². The van der Waals surface area contributed by atoms with Crippen molar-refractivity contribution in [2.45, 2.75) is 63.5 Å². The van der Waals surface area contributed by atoms with Crippen molar-refractivity contribution in [2.75, 3.05) is 6.61 Å². The van der Waals surface area contributed by atoms with Gasteiger partial charge in [0, 0.05) is 12.6 Å². The van der Waals surface area contributed by atoms with E-state index < -0.39 is 0 Å². The molecule has 0 bridgehead atoms. The monoisotopic (exact) mass is 261 g/mol. The van der Waals surface area contributed by atoms with Crippen LogP contribution in [0.5, 0.6) is 0 Å². The van der Waals surface area contributed by atoms with Gasteiger partial charge in [-0.05, 0) is 44.6 Å². The van der Waals surface area contributed by atoms with Crippen LogP contribution in [-0.4, -0.2) is 18.2 Å². The van der Waals surface area contributed by atoms with E-state index >= 15 is 0 Å². The molecule has 0 heterocycles. The Hall–Kier alpha value is -0.860. The molecule has 1 unspecified atom stereocenters. The van der Waals surface area contributed by atoms with Crippen molar-refractivity contribution in [1.82, 2.24) is 0 Å². The maximum atomic E-state index is 6.44. The molecule has 1 atom stereocenters. The van der Waals surface area contributed by atoms with Gasteiger partial charge in [0.15, 0.2) is 0 Å². The largest absolute Gasteiger partial charge is 0.374 e. The Morgan fingerprint density at radius 1 is 1.21 bits per heavy atom. The highest BCUT2D eigenvalue weighted by Crippen LogP contribution is 2.36. The zero-order valence-corrected chi connectivity index (χ0v) is 12.1. The number of nitrogens with two attached hydrogens (primary N) is 1. The Morgan fingerprint density at radius 2 is 1.89 bits per heavy atom. The van der Waals surface area contributed by atoms with Crippen LogP contribution in [0.3, 0.4) is 0 Å². The van der Waals surface area contributed by atoms with Crippen LogP contribution >= 0.6 is 0 Å². The van der Waals surface area contributed by atoms with Gasteiger partial charge in [-0.2, -0.15) is 0 Å². The van der Waals surface area contributed by atoms with E-state index in [1.165, 1.54) is 18.4 Å². The Kier molecular flexibility index (Phi) is 5.41. The first-order chi connectivity index (χ1) is 9.27. The second kappa shape index (κ2) is 7.06. The van der Waals surface area contributed by atoms with Gasteiger partial charge in [0.2, 0.25) is 0 Å².